The van der Waals surface area contributed by atoms with Crippen LogP contribution in [-0.2, 0) is 25.8 Å². The van der Waals surface area contributed by atoms with Crippen LogP contribution in [0, 0.1) is 11.8 Å². The molecule has 166 valence electrons. The summed E-state index contributed by atoms with van der Waals surface area (Å²) in [4.78, 5) is 48.7. The quantitative estimate of drug-likeness (QED) is 0.268. The van der Waals surface area contributed by atoms with E-state index in [1.54, 1.807) is 31.2 Å². The number of Topliss-reactive ketones (excluding diaryl/α,β-unsaturated/α-hetero) is 2. The molecule has 0 aliphatic rings. The molecule has 0 saturated carbocycles. The molecule has 8 heteroatoms. The van der Waals surface area contributed by atoms with Crippen LogP contribution in [0.4, 0.5) is 5.69 Å². The molecule has 0 unspecified atom stereocenters. The van der Waals surface area contributed by atoms with Crippen LogP contribution in [0.2, 0.25) is 0 Å². The Balaban J connectivity index is 2.58. The number of benzene rings is 1. The van der Waals surface area contributed by atoms with Gasteiger partial charge in [-0.05, 0) is 37.0 Å². The Kier molecular flexibility index (Phi) is 11.8. The topological polar surface area (TPSA) is 113 Å². The Morgan fingerprint density at radius 1 is 0.967 bits per heavy atom. The number of hydrogen-bond donors (Lipinski definition) is 3. The highest BCUT2D eigenvalue weighted by Crippen LogP contribution is 2.18. The van der Waals surface area contributed by atoms with Crippen LogP contribution in [-0.4, -0.2) is 39.0 Å². The van der Waals surface area contributed by atoms with Gasteiger partial charge in [0.15, 0.2) is 0 Å². The fraction of sp³-hybridized carbons (Fsp3) is 0.545. The van der Waals surface area contributed by atoms with Crippen molar-refractivity contribution in [3.63, 3.8) is 0 Å². The van der Waals surface area contributed by atoms with Gasteiger partial charge in [0.2, 0.25) is 11.8 Å². The lowest BCUT2D eigenvalue weighted by atomic mass is 9.88. The van der Waals surface area contributed by atoms with Gasteiger partial charge in [0.05, 0.1) is 11.0 Å². The van der Waals surface area contributed by atoms with Crippen LogP contribution in [0.3, 0.4) is 0 Å². The lowest BCUT2D eigenvalue weighted by Gasteiger charge is -2.22. The number of hydrogen-bond acceptors (Lipinski definition) is 5. The van der Waals surface area contributed by atoms with Crippen molar-refractivity contribution in [1.29, 1.82) is 0 Å². The van der Waals surface area contributed by atoms with Crippen LogP contribution in [0.5, 0.6) is 0 Å². The predicted octanol–water partition coefficient (Wildman–Crippen LogP) is 3.03. The monoisotopic (exact) mass is 530 g/mol. The minimum absolute atomic E-state index is 0.0498. The van der Waals surface area contributed by atoms with Gasteiger partial charge in [-0.15, -0.1) is 0 Å². The van der Waals surface area contributed by atoms with E-state index in [1.807, 2.05) is 36.4 Å². The zero-order valence-corrected chi connectivity index (χ0v) is 19.9. The van der Waals surface area contributed by atoms with Crippen molar-refractivity contribution in [2.45, 2.75) is 59.1 Å². The van der Waals surface area contributed by atoms with E-state index in [9.17, 15) is 19.2 Å². The first-order valence-electron chi connectivity index (χ1n) is 10.1. The van der Waals surface area contributed by atoms with Crippen molar-refractivity contribution < 1.29 is 24.3 Å². The third-order valence-corrected chi connectivity index (χ3v) is 5.66. The van der Waals surface area contributed by atoms with E-state index in [0.717, 1.165) is 5.56 Å². The van der Waals surface area contributed by atoms with Gasteiger partial charge in [-0.3, -0.25) is 19.2 Å². The number of anilines is 1. The number of nitrogens with one attached hydrogen (secondary N) is 2. The Morgan fingerprint density at radius 3 is 2.10 bits per heavy atom. The summed E-state index contributed by atoms with van der Waals surface area (Å²) in [6.45, 7) is 5.24. The first-order chi connectivity index (χ1) is 14.2. The van der Waals surface area contributed by atoms with Gasteiger partial charge in [-0.1, -0.05) is 48.6 Å². The highest BCUT2D eigenvalue weighted by molar-refractivity contribution is 14.1. The molecule has 0 bridgehead atoms. The summed E-state index contributed by atoms with van der Waals surface area (Å²) in [7, 11) is 0. The lowest BCUT2D eigenvalue weighted by molar-refractivity contribution is -0.133. The number of carbonyl (C=O) groups is 4. The number of aliphatic hydroxyl groups excluding tert-OH is 1. The summed E-state index contributed by atoms with van der Waals surface area (Å²) in [6, 6.07) is 5.99. The van der Waals surface area contributed by atoms with Crippen LogP contribution in [0.15, 0.2) is 24.3 Å². The average Bonchev–Trinajstić information content (AvgIpc) is 2.71. The molecule has 0 heterocycles. The van der Waals surface area contributed by atoms with Crippen molar-refractivity contribution in [1.82, 2.24) is 5.32 Å². The van der Waals surface area contributed by atoms with Gasteiger partial charge in [0, 0.05) is 30.9 Å². The van der Waals surface area contributed by atoms with Crippen molar-refractivity contribution >= 4 is 51.7 Å². The van der Waals surface area contributed by atoms with Gasteiger partial charge >= 0.3 is 0 Å². The Bertz CT molecular complexity index is 734. The first-order valence-corrected chi connectivity index (χ1v) is 11.6. The number of ketones is 2. The average molecular weight is 530 g/mol. The van der Waals surface area contributed by atoms with E-state index in [2.05, 4.69) is 10.6 Å². The standard InChI is InChI=1S/C22H31IN2O5/c1-14(2)20(11-18(27)5-4-6-19(28)12-23)22(30)24-15(3)21(29)25-17-9-7-16(13-26)8-10-17/h7-10,14-15,20,26H,4-6,11-13H2,1-3H3,(H,24,30)(H,25,29)/t15-,20-/m0/s1. The summed E-state index contributed by atoms with van der Waals surface area (Å²) in [6.07, 6.45) is 1.25. The van der Waals surface area contributed by atoms with Crippen LogP contribution >= 0.6 is 22.6 Å². The third kappa shape index (κ3) is 9.34. The molecule has 1 aromatic rings. The van der Waals surface area contributed by atoms with Crippen LogP contribution in [0.1, 0.15) is 52.0 Å². The van der Waals surface area contributed by atoms with E-state index < -0.39 is 12.0 Å². The molecule has 2 atom stereocenters. The molecule has 1 rings (SSSR count). The first kappa shape index (κ1) is 26.2. The summed E-state index contributed by atoms with van der Waals surface area (Å²) in [5.41, 5.74) is 1.30. The number of carbonyl (C=O) groups excluding carboxylic acids is 4. The molecule has 1 aromatic carbocycles. The SMILES string of the molecule is CC(C)[C@H](CC(=O)CCCC(=O)CI)C(=O)N[C@@H](C)C(=O)Nc1ccc(CO)cc1. The summed E-state index contributed by atoms with van der Waals surface area (Å²) in [5, 5.41) is 14.5. The maximum Gasteiger partial charge on any atom is 0.246 e. The molecular formula is C22H31IN2O5. The second-order valence-corrected chi connectivity index (χ2v) is 8.46. The molecule has 2 amide bonds. The highest BCUT2D eigenvalue weighted by Gasteiger charge is 2.27. The molecule has 0 aromatic heterocycles. The van der Waals surface area contributed by atoms with Crippen LogP contribution < -0.4 is 10.6 Å². The van der Waals surface area contributed by atoms with Gasteiger partial charge in [0.25, 0.3) is 0 Å². The van der Waals surface area contributed by atoms with Crippen LogP contribution in [0.25, 0.3) is 0 Å². The lowest BCUT2D eigenvalue weighted by Crippen LogP contribution is -2.45. The van der Waals surface area contributed by atoms with E-state index in [4.69, 9.17) is 5.11 Å². The molecule has 7 nitrogen and oxygen atoms in total. The van der Waals surface area contributed by atoms with E-state index in [-0.39, 0.29) is 48.7 Å². The minimum Gasteiger partial charge on any atom is -0.392 e. The molecule has 3 N–H and O–H groups in total. The van der Waals surface area contributed by atoms with Gasteiger partial charge in [0.1, 0.15) is 17.6 Å². The molecule has 0 fully saturated rings. The zero-order chi connectivity index (χ0) is 22.7. The maximum atomic E-state index is 12.7. The summed E-state index contributed by atoms with van der Waals surface area (Å²) in [5.74, 6) is -1.23. The molecule has 0 aliphatic carbocycles. The number of alkyl halides is 1. The van der Waals surface area contributed by atoms with E-state index in [0.29, 0.717) is 23.0 Å². The molecule has 30 heavy (non-hydrogen) atoms. The molecular weight excluding hydrogens is 499 g/mol. The molecule has 0 spiro atoms. The minimum atomic E-state index is -0.771. The molecule has 0 radical (unpaired) electrons. The number of rotatable bonds is 13. The fourth-order valence-electron chi connectivity index (χ4n) is 2.86. The number of aliphatic hydroxyl groups is 1. The second-order valence-electron chi connectivity index (χ2n) is 7.69. The van der Waals surface area contributed by atoms with Crippen molar-refractivity contribution in [2.24, 2.45) is 11.8 Å². The van der Waals surface area contributed by atoms with Gasteiger partial charge in [-0.25, -0.2) is 0 Å². The normalized spacial score (nSPS) is 12.9. The largest absolute Gasteiger partial charge is 0.392 e. The number of amides is 2. The fourth-order valence-corrected chi connectivity index (χ4v) is 3.24. The van der Waals surface area contributed by atoms with E-state index in [1.165, 1.54) is 0 Å². The summed E-state index contributed by atoms with van der Waals surface area (Å²) >= 11 is 2.00. The molecule has 0 aliphatic heterocycles. The predicted molar refractivity (Wildman–Crippen MR) is 124 cm³/mol. The van der Waals surface area contributed by atoms with Gasteiger partial charge in [-0.2, -0.15) is 0 Å². The van der Waals surface area contributed by atoms with Crippen molar-refractivity contribution in [2.75, 3.05) is 9.74 Å². The third-order valence-electron chi connectivity index (χ3n) is 4.81. The van der Waals surface area contributed by atoms with Crippen molar-refractivity contribution in [3.05, 3.63) is 29.8 Å². The highest BCUT2D eigenvalue weighted by atomic mass is 127. The Morgan fingerprint density at radius 2 is 1.57 bits per heavy atom. The second kappa shape index (κ2) is 13.5. The van der Waals surface area contributed by atoms with Gasteiger partial charge < -0.3 is 15.7 Å². The summed E-state index contributed by atoms with van der Waals surface area (Å²) < 4.78 is 0.439. The van der Waals surface area contributed by atoms with Crippen molar-refractivity contribution in [3.8, 4) is 0 Å². The Labute approximate surface area is 191 Å². The maximum absolute atomic E-state index is 12.7. The zero-order valence-electron chi connectivity index (χ0n) is 17.7. The Hall–Kier alpha value is -1.81. The number of halogens is 1. The molecule has 0 saturated heterocycles. The smallest absolute Gasteiger partial charge is 0.246 e. The van der Waals surface area contributed by atoms with E-state index >= 15 is 0 Å².